The zero-order chi connectivity index (χ0) is 9.84. The number of hydrogen-bond acceptors (Lipinski definition) is 1. The molecule has 1 aromatic rings. The monoisotopic (exact) mass is 187 g/mol. The Balaban J connectivity index is 3.12. The van der Waals surface area contributed by atoms with Gasteiger partial charge in [-0.2, -0.15) is 0 Å². The van der Waals surface area contributed by atoms with E-state index in [0.717, 1.165) is 6.07 Å². The van der Waals surface area contributed by atoms with Gasteiger partial charge < -0.3 is 5.73 Å². The summed E-state index contributed by atoms with van der Waals surface area (Å²) in [5.41, 5.74) is 4.97. The molecule has 2 N–H and O–H groups in total. The summed E-state index contributed by atoms with van der Waals surface area (Å²) in [6.45, 7) is 0.192. The SMILES string of the molecule is NC/C=C/c1cc(F)cc(F)c1F. The lowest BCUT2D eigenvalue weighted by Crippen LogP contribution is -1.94. The Morgan fingerprint density at radius 2 is 1.92 bits per heavy atom. The van der Waals surface area contributed by atoms with Gasteiger partial charge in [0.2, 0.25) is 0 Å². The molecule has 0 aliphatic rings. The summed E-state index contributed by atoms with van der Waals surface area (Å²) in [4.78, 5) is 0. The van der Waals surface area contributed by atoms with Gasteiger partial charge in [-0.15, -0.1) is 0 Å². The van der Waals surface area contributed by atoms with Crippen LogP contribution in [-0.2, 0) is 0 Å². The molecule has 0 saturated heterocycles. The molecule has 13 heavy (non-hydrogen) atoms. The van der Waals surface area contributed by atoms with Crippen LogP contribution in [0.25, 0.3) is 6.08 Å². The minimum atomic E-state index is -1.20. The molecule has 0 fully saturated rings. The van der Waals surface area contributed by atoms with Gasteiger partial charge in [0.05, 0.1) is 0 Å². The van der Waals surface area contributed by atoms with Crippen LogP contribution < -0.4 is 5.73 Å². The normalized spacial score (nSPS) is 11.1. The average Bonchev–Trinajstić information content (AvgIpc) is 2.09. The van der Waals surface area contributed by atoms with E-state index in [9.17, 15) is 13.2 Å². The Bertz CT molecular complexity index is 334. The largest absolute Gasteiger partial charge is 0.327 e. The minimum Gasteiger partial charge on any atom is -0.327 e. The van der Waals surface area contributed by atoms with E-state index in [-0.39, 0.29) is 12.1 Å². The van der Waals surface area contributed by atoms with Crippen molar-refractivity contribution in [2.24, 2.45) is 5.73 Å². The highest BCUT2D eigenvalue weighted by molar-refractivity contribution is 5.50. The molecule has 0 amide bonds. The highest BCUT2D eigenvalue weighted by Gasteiger charge is 2.07. The molecule has 0 radical (unpaired) electrons. The molecule has 1 rings (SSSR count). The maximum absolute atomic E-state index is 12.9. The van der Waals surface area contributed by atoms with Crippen LogP contribution in [0, 0.1) is 17.5 Å². The first-order valence-corrected chi connectivity index (χ1v) is 3.66. The molecule has 0 spiro atoms. The lowest BCUT2D eigenvalue weighted by Gasteiger charge is -1.98. The fraction of sp³-hybridized carbons (Fsp3) is 0.111. The second-order valence-electron chi connectivity index (χ2n) is 2.43. The molecule has 70 valence electrons. The molecule has 0 unspecified atom stereocenters. The summed E-state index contributed by atoms with van der Waals surface area (Å²) in [7, 11) is 0. The van der Waals surface area contributed by atoms with Gasteiger partial charge in [0, 0.05) is 18.2 Å². The number of rotatable bonds is 2. The van der Waals surface area contributed by atoms with Gasteiger partial charge >= 0.3 is 0 Å². The maximum atomic E-state index is 12.9. The van der Waals surface area contributed by atoms with Crippen molar-refractivity contribution in [3.05, 3.63) is 41.2 Å². The Labute approximate surface area is 73.7 Å². The fourth-order valence-electron chi connectivity index (χ4n) is 0.892. The van der Waals surface area contributed by atoms with E-state index in [0.29, 0.717) is 6.07 Å². The van der Waals surface area contributed by atoms with Crippen molar-refractivity contribution in [3.63, 3.8) is 0 Å². The van der Waals surface area contributed by atoms with Gasteiger partial charge in [0.15, 0.2) is 11.6 Å². The van der Waals surface area contributed by atoms with Crippen molar-refractivity contribution >= 4 is 6.08 Å². The van der Waals surface area contributed by atoms with Crippen molar-refractivity contribution < 1.29 is 13.2 Å². The number of halogens is 3. The van der Waals surface area contributed by atoms with Crippen LogP contribution in [0.15, 0.2) is 18.2 Å². The third-order valence-electron chi connectivity index (χ3n) is 1.45. The van der Waals surface area contributed by atoms with E-state index >= 15 is 0 Å². The van der Waals surface area contributed by atoms with E-state index in [2.05, 4.69) is 0 Å². The smallest absolute Gasteiger partial charge is 0.166 e. The van der Waals surface area contributed by atoms with Crippen LogP contribution in [0.2, 0.25) is 0 Å². The maximum Gasteiger partial charge on any atom is 0.166 e. The van der Waals surface area contributed by atoms with Gasteiger partial charge in [0.1, 0.15) is 5.82 Å². The molecular weight excluding hydrogens is 179 g/mol. The highest BCUT2D eigenvalue weighted by Crippen LogP contribution is 2.15. The molecule has 1 aromatic carbocycles. The third kappa shape index (κ3) is 2.32. The predicted octanol–water partition coefficient (Wildman–Crippen LogP) is 2.08. The molecule has 0 aliphatic carbocycles. The number of nitrogens with two attached hydrogens (primary N) is 1. The summed E-state index contributed by atoms with van der Waals surface area (Å²) in [6, 6.07) is 1.40. The van der Waals surface area contributed by atoms with Crippen LogP contribution in [-0.4, -0.2) is 6.54 Å². The van der Waals surface area contributed by atoms with Crippen LogP contribution in [0.3, 0.4) is 0 Å². The van der Waals surface area contributed by atoms with E-state index in [1.54, 1.807) is 0 Å². The lowest BCUT2D eigenvalue weighted by atomic mass is 10.2. The third-order valence-corrected chi connectivity index (χ3v) is 1.45. The molecule has 1 nitrogen and oxygen atoms in total. The number of hydrogen-bond donors (Lipinski definition) is 1. The molecule has 0 atom stereocenters. The van der Waals surface area contributed by atoms with Crippen LogP contribution in [0.5, 0.6) is 0 Å². The first-order chi connectivity index (χ1) is 6.15. The van der Waals surface area contributed by atoms with Gasteiger partial charge in [0.25, 0.3) is 0 Å². The zero-order valence-corrected chi connectivity index (χ0v) is 6.73. The Morgan fingerprint density at radius 1 is 1.23 bits per heavy atom. The van der Waals surface area contributed by atoms with Crippen molar-refractivity contribution in [2.75, 3.05) is 6.54 Å². The van der Waals surface area contributed by atoms with Crippen LogP contribution >= 0.6 is 0 Å². The highest BCUT2D eigenvalue weighted by atomic mass is 19.2. The Kier molecular flexibility index (Phi) is 3.08. The van der Waals surface area contributed by atoms with Crippen molar-refractivity contribution in [1.82, 2.24) is 0 Å². The summed E-state index contributed by atoms with van der Waals surface area (Å²) in [6.07, 6.45) is 2.65. The van der Waals surface area contributed by atoms with E-state index < -0.39 is 17.5 Å². The molecule has 4 heteroatoms. The van der Waals surface area contributed by atoms with Gasteiger partial charge in [-0.3, -0.25) is 0 Å². The molecule has 0 saturated carbocycles. The summed E-state index contributed by atoms with van der Waals surface area (Å²) in [5.74, 6) is -3.07. The summed E-state index contributed by atoms with van der Waals surface area (Å²) >= 11 is 0. The Hall–Kier alpha value is -1.29. The average molecular weight is 187 g/mol. The van der Waals surface area contributed by atoms with Gasteiger partial charge in [-0.1, -0.05) is 12.2 Å². The first-order valence-electron chi connectivity index (χ1n) is 3.66. The number of benzene rings is 1. The molecule has 0 aliphatic heterocycles. The van der Waals surface area contributed by atoms with Crippen LogP contribution in [0.4, 0.5) is 13.2 Å². The minimum absolute atomic E-state index is 0.136. The quantitative estimate of drug-likeness (QED) is 0.705. The molecule has 0 bridgehead atoms. The van der Waals surface area contributed by atoms with Crippen molar-refractivity contribution in [3.8, 4) is 0 Å². The second kappa shape index (κ2) is 4.09. The second-order valence-corrected chi connectivity index (χ2v) is 2.43. The van der Waals surface area contributed by atoms with Crippen molar-refractivity contribution in [2.45, 2.75) is 0 Å². The predicted molar refractivity (Wildman–Crippen MR) is 44.4 cm³/mol. The topological polar surface area (TPSA) is 26.0 Å². The van der Waals surface area contributed by atoms with Crippen LogP contribution in [0.1, 0.15) is 5.56 Å². The first kappa shape index (κ1) is 9.80. The van der Waals surface area contributed by atoms with Gasteiger partial charge in [-0.05, 0) is 6.07 Å². The van der Waals surface area contributed by atoms with E-state index in [4.69, 9.17) is 5.73 Å². The van der Waals surface area contributed by atoms with E-state index in [1.807, 2.05) is 0 Å². The molecule has 0 aromatic heterocycles. The zero-order valence-electron chi connectivity index (χ0n) is 6.73. The van der Waals surface area contributed by atoms with E-state index in [1.165, 1.54) is 12.2 Å². The summed E-state index contributed by atoms with van der Waals surface area (Å²) in [5, 5.41) is 0. The summed E-state index contributed by atoms with van der Waals surface area (Å²) < 4.78 is 38.0. The Morgan fingerprint density at radius 3 is 2.54 bits per heavy atom. The van der Waals surface area contributed by atoms with Gasteiger partial charge in [-0.25, -0.2) is 13.2 Å². The molecular formula is C9H8F3N. The fourth-order valence-corrected chi connectivity index (χ4v) is 0.892. The molecule has 0 heterocycles. The lowest BCUT2D eigenvalue weighted by molar-refractivity contribution is 0.493. The van der Waals surface area contributed by atoms with Crippen molar-refractivity contribution in [1.29, 1.82) is 0 Å². The standard InChI is InChI=1S/C9H8F3N/c10-7-4-6(2-1-3-13)9(12)8(11)5-7/h1-2,4-5H,3,13H2/b2-1+.